The van der Waals surface area contributed by atoms with Gasteiger partial charge in [-0.15, -0.1) is 35.0 Å². The van der Waals surface area contributed by atoms with Crippen LogP contribution in [0, 0.1) is 39.9 Å². The molecule has 0 aromatic heterocycles. The van der Waals surface area contributed by atoms with Gasteiger partial charge in [-0.2, -0.15) is 11.6 Å². The van der Waals surface area contributed by atoms with Crippen LogP contribution in [0.15, 0.2) is 66.7 Å². The predicted octanol–water partition coefficient (Wildman–Crippen LogP) is 8.73. The van der Waals surface area contributed by atoms with Crippen LogP contribution in [0.25, 0.3) is 20.1 Å². The van der Waals surface area contributed by atoms with Crippen molar-refractivity contribution in [2.75, 3.05) is 0 Å². The maximum Gasteiger partial charge on any atom is 3.00 e. The van der Waals surface area contributed by atoms with E-state index in [0.29, 0.717) is 0 Å². The van der Waals surface area contributed by atoms with E-state index in [-0.39, 0.29) is 84.6 Å². The molecule has 8 heteroatoms. The van der Waals surface area contributed by atoms with Gasteiger partial charge >= 0.3 is 39.9 Å². The SMILES string of the molecule is C[Si](C)[N-][Si](C)C.C[Si](C)[N-][Si](C)C.C[Si](CCc1ccccc1)Cc1c[cH-]c2ccccc12.[Gd+3]. The van der Waals surface area contributed by atoms with Crippen molar-refractivity contribution in [1.29, 1.82) is 0 Å². The van der Waals surface area contributed by atoms with E-state index >= 15 is 0 Å². The number of nitrogens with zero attached hydrogens (tertiary/aromatic N) is 2. The standard InChI is InChI=1S/C19H20Si.2C4H12NSi2.Gd/c1-20(14-13-16-7-3-2-4-8-16)15-18-12-11-17-9-5-6-10-19(17)18;2*1-6(2)5-7(3)4;/h2-12H,13-15H2,1H3;2*1-4H3;/q3*-1;+3. The summed E-state index contributed by atoms with van der Waals surface area (Å²) in [6.07, 6.45) is 1.23. The molecule has 190 valence electrons. The normalized spacial score (nSPS) is 10.9. The molecule has 0 spiro atoms. The Hall–Kier alpha value is 0.379. The van der Waals surface area contributed by atoms with E-state index in [2.05, 4.69) is 135 Å². The molecule has 0 heterocycles. The van der Waals surface area contributed by atoms with Crippen molar-refractivity contribution in [1.82, 2.24) is 0 Å². The Bertz CT molecular complexity index is 875. The van der Waals surface area contributed by atoms with Gasteiger partial charge in [0.05, 0.1) is 0 Å². The van der Waals surface area contributed by atoms with Gasteiger partial charge < -0.3 is 9.30 Å². The third-order valence-electron chi connectivity index (χ3n) is 4.84. The predicted molar refractivity (Wildman–Crippen MR) is 166 cm³/mol. The van der Waals surface area contributed by atoms with Gasteiger partial charge in [0.2, 0.25) is 0 Å². The van der Waals surface area contributed by atoms with E-state index in [9.17, 15) is 0 Å². The number of fused-ring (bicyclic) bond motifs is 1. The van der Waals surface area contributed by atoms with Gasteiger partial charge in [0.25, 0.3) is 0 Å². The fourth-order valence-corrected chi connectivity index (χ4v) is 12.7. The Kier molecular flexibility index (Phi) is 20.6. The van der Waals surface area contributed by atoms with Crippen LogP contribution in [0.3, 0.4) is 0 Å². The first-order chi connectivity index (χ1) is 16.1. The monoisotopic (exact) mass is 694 g/mol. The Balaban J connectivity index is 0.000000644. The smallest absolute Gasteiger partial charge is 0.673 e. The number of benzene rings is 2. The van der Waals surface area contributed by atoms with E-state index < -0.39 is 0 Å². The minimum Gasteiger partial charge on any atom is -0.673 e. The second kappa shape index (κ2) is 20.4. The van der Waals surface area contributed by atoms with E-state index in [1.54, 1.807) is 5.56 Å². The number of hydrogen-bond donors (Lipinski definition) is 0. The Morgan fingerprint density at radius 3 is 1.63 bits per heavy atom. The fraction of sp³-hybridized carbons (Fsp3) is 0.444. The van der Waals surface area contributed by atoms with Gasteiger partial charge in [0.15, 0.2) is 0 Å². The summed E-state index contributed by atoms with van der Waals surface area (Å²) in [6, 6.07) is 26.8. The van der Waals surface area contributed by atoms with Crippen molar-refractivity contribution >= 4 is 55.4 Å². The first-order valence-corrected chi connectivity index (χ1v) is 24.4. The molecule has 3 rings (SSSR count). The zero-order chi connectivity index (χ0) is 25.5. The summed E-state index contributed by atoms with van der Waals surface area (Å²) in [4.78, 5) is 0. The molecular weight excluding hydrogens is 650 g/mol. The van der Waals surface area contributed by atoms with Gasteiger partial charge in [-0.1, -0.05) is 143 Å². The molecule has 3 aromatic rings. The Morgan fingerprint density at radius 1 is 0.657 bits per heavy atom. The van der Waals surface area contributed by atoms with Gasteiger partial charge in [-0.05, 0) is 12.0 Å². The molecule has 0 saturated heterocycles. The summed E-state index contributed by atoms with van der Waals surface area (Å²) in [5, 5.41) is 2.84. The molecule has 0 aliphatic carbocycles. The average molecular weight is 694 g/mol. The quantitative estimate of drug-likeness (QED) is 0.159. The third-order valence-corrected chi connectivity index (χ3v) is 14.1. The molecule has 6 radical (unpaired) electrons. The summed E-state index contributed by atoms with van der Waals surface area (Å²) in [7, 11) is -1.36. The minimum absolute atomic E-state index is 0. The van der Waals surface area contributed by atoms with E-state index in [0.717, 1.165) is 0 Å². The van der Waals surface area contributed by atoms with Crippen LogP contribution in [-0.2, 0) is 12.5 Å². The van der Waals surface area contributed by atoms with Crippen molar-refractivity contribution in [2.45, 2.75) is 77.4 Å². The van der Waals surface area contributed by atoms with E-state index in [1.165, 1.54) is 34.8 Å². The average Bonchev–Trinajstić information content (AvgIpc) is 3.15. The van der Waals surface area contributed by atoms with Gasteiger partial charge in [-0.3, -0.25) is 0 Å². The molecule has 3 aromatic carbocycles. The van der Waals surface area contributed by atoms with Crippen molar-refractivity contribution in [3.05, 3.63) is 87.2 Å². The molecule has 2 nitrogen and oxygen atoms in total. The van der Waals surface area contributed by atoms with Crippen LogP contribution in [0.2, 0.25) is 65.0 Å². The number of rotatable bonds is 9. The zero-order valence-corrected chi connectivity index (χ0v) is 30.5. The topological polar surface area (TPSA) is 28.2 Å². The van der Waals surface area contributed by atoms with Crippen LogP contribution in [0.1, 0.15) is 11.1 Å². The molecule has 0 atom stereocenters. The van der Waals surface area contributed by atoms with Crippen LogP contribution in [0.4, 0.5) is 0 Å². The second-order valence-electron chi connectivity index (χ2n) is 9.58. The number of hydrogen-bond acceptors (Lipinski definition) is 0. The van der Waals surface area contributed by atoms with E-state index in [4.69, 9.17) is 0 Å². The summed E-state index contributed by atoms with van der Waals surface area (Å²) in [5.41, 5.74) is 3.02. The van der Waals surface area contributed by atoms with Crippen LogP contribution in [-0.4, -0.2) is 44.6 Å². The molecular formula is C27H44GdN2Si5. The van der Waals surface area contributed by atoms with Crippen molar-refractivity contribution in [2.24, 2.45) is 0 Å². The number of aryl methyl sites for hydroxylation is 1. The second-order valence-corrected chi connectivity index (χ2v) is 21.7. The minimum atomic E-state index is -0.300. The largest absolute Gasteiger partial charge is 3.00 e. The molecule has 0 aliphatic heterocycles. The molecule has 0 saturated carbocycles. The van der Waals surface area contributed by atoms with Crippen molar-refractivity contribution < 1.29 is 39.9 Å². The molecule has 35 heavy (non-hydrogen) atoms. The summed E-state index contributed by atoms with van der Waals surface area (Å²) in [6.45, 7) is 20.3. The molecule has 0 bridgehead atoms. The van der Waals surface area contributed by atoms with Gasteiger partial charge in [-0.25, -0.2) is 0 Å². The Morgan fingerprint density at radius 2 is 1.14 bits per heavy atom. The van der Waals surface area contributed by atoms with Crippen LogP contribution < -0.4 is 0 Å². The fourth-order valence-electron chi connectivity index (χ4n) is 3.68. The summed E-state index contributed by atoms with van der Waals surface area (Å²) < 4.78 is 8.96. The van der Waals surface area contributed by atoms with Gasteiger partial charge in [0, 0.05) is 8.80 Å². The van der Waals surface area contributed by atoms with Gasteiger partial charge in [0.1, 0.15) is 0 Å². The van der Waals surface area contributed by atoms with Crippen molar-refractivity contribution in [3.63, 3.8) is 0 Å². The third kappa shape index (κ3) is 17.5. The maximum atomic E-state index is 4.48. The zero-order valence-electron chi connectivity index (χ0n) is 23.2. The first kappa shape index (κ1) is 35.4. The van der Waals surface area contributed by atoms with Crippen molar-refractivity contribution in [3.8, 4) is 0 Å². The Labute approximate surface area is 257 Å². The maximum absolute atomic E-state index is 4.48. The first-order valence-electron chi connectivity index (χ1n) is 12.2. The summed E-state index contributed by atoms with van der Waals surface area (Å²) in [5.74, 6) is 0. The molecule has 0 N–H and O–H groups in total. The molecule has 0 unspecified atom stereocenters. The van der Waals surface area contributed by atoms with Crippen LogP contribution in [0.5, 0.6) is 0 Å². The molecule has 0 fully saturated rings. The summed E-state index contributed by atoms with van der Waals surface area (Å²) >= 11 is 0. The van der Waals surface area contributed by atoms with Crippen LogP contribution >= 0.6 is 0 Å². The molecule has 0 aliphatic rings. The molecule has 0 amide bonds. The van der Waals surface area contributed by atoms with E-state index in [1.807, 2.05) is 0 Å².